The number of carbonyl (C=O) groups excluding carboxylic acids is 6. The van der Waals surface area contributed by atoms with Gasteiger partial charge in [0, 0.05) is 32.6 Å². The Morgan fingerprint density at radius 3 is 2.28 bits per heavy atom. The molecule has 2 saturated heterocycles. The molecule has 2 aliphatic rings. The number of nitrogens with zero attached hydrogens (tertiary/aromatic N) is 6. The van der Waals surface area contributed by atoms with Crippen molar-refractivity contribution in [3.05, 3.63) is 18.3 Å². The number of unbranched alkanes of at least 4 members (excludes halogenated alkanes) is 3. The number of imide groups is 1. The molecule has 6 atom stereocenters. The van der Waals surface area contributed by atoms with Crippen LogP contribution in [0.1, 0.15) is 90.4 Å². The number of hydrazine groups is 1. The van der Waals surface area contributed by atoms with Crippen LogP contribution in [0.4, 0.5) is 11.5 Å². The Hall–Kier alpha value is -5.45. The minimum Gasteiger partial charge on any atom is -0.480 e. The van der Waals surface area contributed by atoms with Crippen LogP contribution >= 0.6 is 0 Å². The Balaban J connectivity index is 1.80. The Bertz CT molecular complexity index is 1640. The second kappa shape index (κ2) is 24.6. The molecule has 0 spiro atoms. The number of aliphatic hydroxyl groups is 1. The van der Waals surface area contributed by atoms with E-state index in [-0.39, 0.29) is 70.5 Å². The van der Waals surface area contributed by atoms with E-state index < -0.39 is 71.8 Å². The van der Waals surface area contributed by atoms with Crippen LogP contribution in [-0.2, 0) is 33.6 Å². The number of pyridine rings is 1. The van der Waals surface area contributed by atoms with Crippen LogP contribution in [-0.4, -0.2) is 147 Å². The van der Waals surface area contributed by atoms with Crippen molar-refractivity contribution in [1.82, 2.24) is 25.0 Å². The van der Waals surface area contributed by atoms with Gasteiger partial charge in [0.15, 0.2) is 5.96 Å². The normalized spacial score (nSPS) is 18.1. The van der Waals surface area contributed by atoms with Crippen molar-refractivity contribution in [2.45, 2.75) is 127 Å². The predicted octanol–water partition coefficient (Wildman–Crippen LogP) is -1.94. The number of carbonyl (C=O) groups is 7. The van der Waals surface area contributed by atoms with Gasteiger partial charge in [-0.2, -0.15) is 0 Å². The van der Waals surface area contributed by atoms with Crippen molar-refractivity contribution < 1.29 is 43.8 Å². The lowest BCUT2D eigenvalue weighted by atomic mass is 10.0. The van der Waals surface area contributed by atoms with Gasteiger partial charge in [0.05, 0.1) is 18.0 Å². The van der Waals surface area contributed by atoms with E-state index in [0.717, 1.165) is 4.90 Å². The van der Waals surface area contributed by atoms with Crippen molar-refractivity contribution in [2.75, 3.05) is 43.0 Å². The number of nitrogens with one attached hydrogen (secondary N) is 2. The van der Waals surface area contributed by atoms with Gasteiger partial charge in [-0.15, -0.1) is 0 Å². The molecular weight excluding hydrogens is 782 g/mol. The summed E-state index contributed by atoms with van der Waals surface area (Å²) in [6.45, 7) is 2.40. The highest BCUT2D eigenvalue weighted by Crippen LogP contribution is 2.28. The topological polar surface area (TPSA) is 352 Å². The van der Waals surface area contributed by atoms with Crippen LogP contribution in [0, 0.1) is 0 Å². The molecule has 334 valence electrons. The number of anilines is 2. The Kier molecular flexibility index (Phi) is 20.0. The first-order valence-electron chi connectivity index (χ1n) is 20.5. The van der Waals surface area contributed by atoms with Gasteiger partial charge in [-0.25, -0.2) is 15.6 Å². The van der Waals surface area contributed by atoms with Crippen molar-refractivity contribution >= 4 is 59.4 Å². The molecule has 2 fully saturated rings. The van der Waals surface area contributed by atoms with Crippen molar-refractivity contribution in [3.63, 3.8) is 0 Å². The fourth-order valence-corrected chi connectivity index (χ4v) is 7.41. The lowest BCUT2D eigenvalue weighted by Crippen LogP contribution is -2.59. The average molecular weight is 846 g/mol. The molecule has 22 heteroatoms. The highest BCUT2D eigenvalue weighted by atomic mass is 16.4. The van der Waals surface area contributed by atoms with E-state index in [1.165, 1.54) is 27.8 Å². The summed E-state index contributed by atoms with van der Waals surface area (Å²) in [6, 6.07) is -2.82. The molecule has 22 nitrogen and oxygen atoms in total. The molecule has 3 rings (SSSR count). The summed E-state index contributed by atoms with van der Waals surface area (Å²) in [6.07, 6.45) is 4.48. The lowest BCUT2D eigenvalue weighted by Gasteiger charge is -2.35. The smallest absolute Gasteiger partial charge is 0.326 e. The number of amides is 6. The highest BCUT2D eigenvalue weighted by molar-refractivity contribution is 6.03. The number of guanidine groups is 1. The maximum atomic E-state index is 14.5. The van der Waals surface area contributed by atoms with E-state index in [1.54, 1.807) is 12.1 Å². The second-order valence-corrected chi connectivity index (χ2v) is 15.1. The van der Waals surface area contributed by atoms with Gasteiger partial charge in [0.2, 0.25) is 30.0 Å². The van der Waals surface area contributed by atoms with Crippen LogP contribution in [0.25, 0.3) is 0 Å². The molecule has 6 amide bonds. The number of aromatic nitrogens is 1. The number of aliphatic imine (C=N–C) groups is 1. The first-order valence-corrected chi connectivity index (χ1v) is 20.5. The molecule has 0 aliphatic carbocycles. The monoisotopic (exact) mass is 845 g/mol. The average Bonchev–Trinajstić information content (AvgIpc) is 3.93. The van der Waals surface area contributed by atoms with Crippen LogP contribution in [0.2, 0.25) is 0 Å². The predicted molar refractivity (Wildman–Crippen MR) is 221 cm³/mol. The van der Waals surface area contributed by atoms with Crippen molar-refractivity contribution in [2.24, 2.45) is 33.8 Å². The molecule has 1 aromatic rings. The zero-order valence-corrected chi connectivity index (χ0v) is 34.3. The van der Waals surface area contributed by atoms with E-state index >= 15 is 0 Å². The molecule has 0 aromatic carbocycles. The van der Waals surface area contributed by atoms with Crippen LogP contribution < -0.4 is 44.4 Å². The van der Waals surface area contributed by atoms with E-state index in [0.29, 0.717) is 69.5 Å². The third kappa shape index (κ3) is 13.8. The number of carboxylic acids is 1. The van der Waals surface area contributed by atoms with E-state index in [1.807, 2.05) is 0 Å². The van der Waals surface area contributed by atoms with E-state index in [9.17, 15) is 43.8 Å². The number of nitrogens with two attached hydrogens (primary N) is 5. The molecule has 60 heavy (non-hydrogen) atoms. The fraction of sp³-hybridized carbons (Fsp3) is 0.658. The summed E-state index contributed by atoms with van der Waals surface area (Å²) in [4.78, 5) is 107. The minimum atomic E-state index is -1.59. The zero-order chi connectivity index (χ0) is 44.4. The molecule has 0 radical (unpaired) electrons. The summed E-state index contributed by atoms with van der Waals surface area (Å²) >= 11 is 0. The van der Waals surface area contributed by atoms with Crippen molar-refractivity contribution in [3.8, 4) is 0 Å². The van der Waals surface area contributed by atoms with Crippen LogP contribution in [0.3, 0.4) is 0 Å². The number of carboxylic acid groups (broad SMARTS) is 1. The van der Waals surface area contributed by atoms with E-state index in [4.69, 9.17) is 28.8 Å². The van der Waals surface area contributed by atoms with Crippen LogP contribution in [0.15, 0.2) is 23.3 Å². The molecule has 3 heterocycles. The number of hydrogen-bond acceptors (Lipinski definition) is 14. The second-order valence-electron chi connectivity index (χ2n) is 15.1. The van der Waals surface area contributed by atoms with Crippen LogP contribution in [0.5, 0.6) is 0 Å². The first kappa shape index (κ1) is 48.9. The third-order valence-electron chi connectivity index (χ3n) is 10.7. The van der Waals surface area contributed by atoms with Gasteiger partial charge >= 0.3 is 5.97 Å². The molecule has 2 aliphatic heterocycles. The van der Waals surface area contributed by atoms with Gasteiger partial charge in [-0.3, -0.25) is 38.7 Å². The number of rotatable bonds is 25. The number of likely N-dealkylation sites (tertiary alicyclic amines) is 2. The lowest BCUT2D eigenvalue weighted by molar-refractivity contribution is -0.162. The number of nitrogen functional groups attached to an aromatic ring is 1. The minimum absolute atomic E-state index is 0.0504. The van der Waals surface area contributed by atoms with Gasteiger partial charge in [0.1, 0.15) is 36.0 Å². The summed E-state index contributed by atoms with van der Waals surface area (Å²) in [7, 11) is 0. The van der Waals surface area contributed by atoms with Gasteiger partial charge < -0.3 is 58.6 Å². The molecular formula is C38H63N13O9. The molecule has 0 bridgehead atoms. The largest absolute Gasteiger partial charge is 0.480 e. The van der Waals surface area contributed by atoms with Crippen molar-refractivity contribution in [1.29, 1.82) is 0 Å². The molecule has 0 saturated carbocycles. The number of aliphatic carboxylic acids is 1. The molecule has 1 aromatic heterocycles. The Labute approximate surface area is 349 Å². The zero-order valence-electron chi connectivity index (χ0n) is 34.3. The summed E-state index contributed by atoms with van der Waals surface area (Å²) in [5.41, 5.74) is 25.3. The highest BCUT2D eigenvalue weighted by Gasteiger charge is 2.47. The van der Waals surface area contributed by atoms with Gasteiger partial charge in [-0.1, -0.05) is 6.42 Å². The van der Waals surface area contributed by atoms with Gasteiger partial charge in [0.25, 0.3) is 5.91 Å². The summed E-state index contributed by atoms with van der Waals surface area (Å²) < 4.78 is 0. The van der Waals surface area contributed by atoms with E-state index in [2.05, 4.69) is 20.7 Å². The molecule has 0 unspecified atom stereocenters. The first-order chi connectivity index (χ1) is 28.7. The standard InChI is InChI=1S/C38H63N13O9/c1-24(53)32(40)33(55)46-26(10-4-5-17-39)34(56)49-20-8-12-27(49)35(57)50-21-9-13-28(50)36(58)51(29(37(59)60)11-7-18-44-38(41)42)31(54)14-3-2-6-19-48(23-52)25-15-16-30(47-43)45-22-25/h15-16,22-24,26-29,32,53H,2-14,17-21,39-40,43H2,1H3,(H,45,47)(H,46,55)(H,59,60)(H4,41,42,44)/t24-,26+,27+,28+,29+,32+/m1/s1. The fourth-order valence-electron chi connectivity index (χ4n) is 7.41. The number of hydrogen-bond donors (Lipinski definition) is 9. The molecule has 14 N–H and O–H groups in total. The summed E-state index contributed by atoms with van der Waals surface area (Å²) in [5.74, 6) is 0.799. The Morgan fingerprint density at radius 1 is 0.983 bits per heavy atom. The summed E-state index contributed by atoms with van der Waals surface area (Å²) in [5, 5.41) is 22.9. The Morgan fingerprint density at radius 2 is 1.68 bits per heavy atom. The maximum absolute atomic E-state index is 14.5. The van der Waals surface area contributed by atoms with Gasteiger partial charge in [-0.05, 0) is 96.2 Å². The maximum Gasteiger partial charge on any atom is 0.326 e. The number of aliphatic hydroxyl groups excluding tert-OH is 1. The SMILES string of the molecule is C[C@@H](O)[C@H](N)C(=O)N[C@@H](CCCCN)C(=O)N1CCC[C@H]1C(=O)N1CCC[C@H]1C(=O)N(C(=O)CCCCCN(C=O)c1ccc(NN)nc1)[C@@H](CCCN=C(N)N)C(=O)O. The quantitative estimate of drug-likeness (QED) is 0.0129. The third-order valence-corrected chi connectivity index (χ3v) is 10.7.